The molecule has 2 saturated heterocycles. The molecule has 2 aliphatic heterocycles. The number of benzene rings is 1. The highest BCUT2D eigenvalue weighted by Gasteiger charge is 2.38. The van der Waals surface area contributed by atoms with Gasteiger partial charge in [-0.2, -0.15) is 0 Å². The lowest BCUT2D eigenvalue weighted by atomic mass is 9.80. The number of carbonyl (C=O) groups is 1. The smallest absolute Gasteiger partial charge is 0.223 e. The molecule has 196 valence electrons. The van der Waals surface area contributed by atoms with Gasteiger partial charge >= 0.3 is 0 Å². The second-order valence-corrected chi connectivity index (χ2v) is 11.7. The summed E-state index contributed by atoms with van der Waals surface area (Å²) in [6.07, 6.45) is 7.64. The first kappa shape index (κ1) is 26.4. The molecule has 3 atom stereocenters. The lowest BCUT2D eigenvalue weighted by Gasteiger charge is -2.40. The lowest BCUT2D eigenvalue weighted by Crippen LogP contribution is -2.49. The summed E-state index contributed by atoms with van der Waals surface area (Å²) in [5, 5.41) is 11.1. The van der Waals surface area contributed by atoms with Gasteiger partial charge in [0.05, 0.1) is 19.8 Å². The molecule has 0 unspecified atom stereocenters. The van der Waals surface area contributed by atoms with Gasteiger partial charge in [-0.1, -0.05) is 44.9 Å². The van der Waals surface area contributed by atoms with Crippen LogP contribution in [-0.4, -0.2) is 72.9 Å². The van der Waals surface area contributed by atoms with E-state index in [2.05, 4.69) is 35.8 Å². The summed E-state index contributed by atoms with van der Waals surface area (Å²) in [6.45, 7) is 8.67. The Morgan fingerprint density at radius 1 is 1.06 bits per heavy atom. The summed E-state index contributed by atoms with van der Waals surface area (Å²) in [4.78, 5) is 18.3. The summed E-state index contributed by atoms with van der Waals surface area (Å²) in [6, 6.07) is 8.56. The summed E-state index contributed by atoms with van der Waals surface area (Å²) in [5.74, 6) is 2.07. The van der Waals surface area contributed by atoms with Gasteiger partial charge in [0.25, 0.3) is 0 Å². The molecule has 6 nitrogen and oxygen atoms in total. The molecule has 2 heterocycles. The van der Waals surface area contributed by atoms with Crippen molar-refractivity contribution in [2.45, 2.75) is 83.9 Å². The standard InChI is InChI=1S/C29H46N2O4/c1-29(2)21-35-16-8-10-23-18-30(19-24-9-4-7-13-26(24)34-3)15-14-22(23)17-28(33)31(20-27(29)32)25-11-5-6-12-25/h4,7,9,13,22-23,25,27,32H,5-6,8,10-12,14-21H2,1-3H3/t22-,23-,27-/m0/s1. The fourth-order valence-corrected chi connectivity index (χ4v) is 6.29. The van der Waals surface area contributed by atoms with E-state index >= 15 is 0 Å². The zero-order valence-electron chi connectivity index (χ0n) is 22.1. The Morgan fingerprint density at radius 3 is 2.60 bits per heavy atom. The largest absolute Gasteiger partial charge is 0.496 e. The number of aliphatic hydroxyl groups is 1. The van der Waals surface area contributed by atoms with Crippen molar-refractivity contribution in [3.8, 4) is 5.75 Å². The van der Waals surface area contributed by atoms with E-state index in [1.54, 1.807) is 7.11 Å². The van der Waals surface area contributed by atoms with Crippen molar-refractivity contribution >= 4 is 5.91 Å². The number of piperidine rings is 1. The summed E-state index contributed by atoms with van der Waals surface area (Å²) >= 11 is 0. The lowest BCUT2D eigenvalue weighted by molar-refractivity contribution is -0.139. The molecule has 1 saturated carbocycles. The van der Waals surface area contributed by atoms with Crippen LogP contribution < -0.4 is 4.74 Å². The van der Waals surface area contributed by atoms with Crippen LogP contribution in [0.2, 0.25) is 0 Å². The molecule has 0 bridgehead atoms. The third-order valence-electron chi connectivity index (χ3n) is 8.69. The molecule has 1 aromatic rings. The highest BCUT2D eigenvalue weighted by molar-refractivity contribution is 5.77. The van der Waals surface area contributed by atoms with Crippen molar-refractivity contribution in [1.82, 2.24) is 9.80 Å². The highest BCUT2D eigenvalue weighted by atomic mass is 16.5. The summed E-state index contributed by atoms with van der Waals surface area (Å²) in [7, 11) is 1.74. The molecular formula is C29H46N2O4. The van der Waals surface area contributed by atoms with E-state index in [-0.39, 0.29) is 17.4 Å². The maximum Gasteiger partial charge on any atom is 0.223 e. The van der Waals surface area contributed by atoms with Crippen LogP contribution in [0.25, 0.3) is 0 Å². The first-order valence-corrected chi connectivity index (χ1v) is 13.8. The molecule has 0 aromatic heterocycles. The van der Waals surface area contributed by atoms with Gasteiger partial charge in [-0.25, -0.2) is 0 Å². The van der Waals surface area contributed by atoms with Crippen LogP contribution in [0.1, 0.15) is 70.8 Å². The van der Waals surface area contributed by atoms with E-state index in [1.165, 1.54) is 18.4 Å². The fourth-order valence-electron chi connectivity index (χ4n) is 6.29. The van der Waals surface area contributed by atoms with Crippen LogP contribution in [0.3, 0.4) is 0 Å². The van der Waals surface area contributed by atoms with Crippen molar-refractivity contribution < 1.29 is 19.4 Å². The fraction of sp³-hybridized carbons (Fsp3) is 0.759. The molecule has 6 heteroatoms. The predicted molar refractivity (Wildman–Crippen MR) is 138 cm³/mol. The molecule has 1 aliphatic carbocycles. The average Bonchev–Trinajstić information content (AvgIpc) is 3.38. The van der Waals surface area contributed by atoms with Gasteiger partial charge in [0.15, 0.2) is 0 Å². The van der Waals surface area contributed by atoms with Crippen LogP contribution in [0, 0.1) is 17.3 Å². The third-order valence-corrected chi connectivity index (χ3v) is 8.69. The Bertz CT molecular complexity index is 823. The van der Waals surface area contributed by atoms with Crippen molar-refractivity contribution in [1.29, 1.82) is 0 Å². The minimum absolute atomic E-state index is 0.250. The Labute approximate surface area is 212 Å². The number of para-hydroxylation sites is 1. The number of β-amino-alcohol motifs (C(OH)–C–C–N with tert-alkyl or cyclic N) is 1. The molecule has 4 rings (SSSR count). The number of likely N-dealkylation sites (tertiary alicyclic amines) is 1. The van der Waals surface area contributed by atoms with Gasteiger partial charge in [-0.15, -0.1) is 0 Å². The monoisotopic (exact) mass is 486 g/mol. The number of nitrogens with zero attached hydrogens (tertiary/aromatic N) is 2. The van der Waals surface area contributed by atoms with Crippen molar-refractivity contribution in [2.75, 3.05) is 40.0 Å². The molecule has 0 spiro atoms. The van der Waals surface area contributed by atoms with Crippen LogP contribution >= 0.6 is 0 Å². The molecule has 1 N–H and O–H groups in total. The molecular weight excluding hydrogens is 440 g/mol. The Morgan fingerprint density at radius 2 is 1.83 bits per heavy atom. The van der Waals surface area contributed by atoms with Gasteiger partial charge < -0.3 is 19.5 Å². The van der Waals surface area contributed by atoms with E-state index in [4.69, 9.17) is 9.47 Å². The zero-order chi connectivity index (χ0) is 24.8. The summed E-state index contributed by atoms with van der Waals surface area (Å²) < 4.78 is 11.6. The SMILES string of the molecule is COc1ccccc1CN1CC[C@H]2CC(=O)N(C3CCCC3)C[C@H](O)C(C)(C)COCCC[C@H]2C1. The number of hydrogen-bond acceptors (Lipinski definition) is 5. The van der Waals surface area contributed by atoms with Crippen molar-refractivity contribution in [3.63, 3.8) is 0 Å². The van der Waals surface area contributed by atoms with Crippen molar-refractivity contribution in [3.05, 3.63) is 29.8 Å². The zero-order valence-corrected chi connectivity index (χ0v) is 22.1. The summed E-state index contributed by atoms with van der Waals surface area (Å²) in [5.41, 5.74) is 0.852. The highest BCUT2D eigenvalue weighted by Crippen LogP contribution is 2.35. The Hall–Kier alpha value is -1.63. The van der Waals surface area contributed by atoms with E-state index in [0.29, 0.717) is 38.0 Å². The number of carbonyl (C=O) groups excluding carboxylic acids is 1. The average molecular weight is 487 g/mol. The van der Waals surface area contributed by atoms with Gasteiger partial charge in [0, 0.05) is 49.7 Å². The second kappa shape index (κ2) is 12.1. The minimum Gasteiger partial charge on any atom is -0.496 e. The normalized spacial score (nSPS) is 29.7. The molecule has 1 aromatic carbocycles. The van der Waals surface area contributed by atoms with Crippen LogP contribution in [0.5, 0.6) is 5.75 Å². The van der Waals surface area contributed by atoms with E-state index < -0.39 is 6.10 Å². The number of aliphatic hydroxyl groups excluding tert-OH is 1. The van der Waals surface area contributed by atoms with E-state index in [1.807, 2.05) is 12.1 Å². The molecule has 35 heavy (non-hydrogen) atoms. The van der Waals surface area contributed by atoms with E-state index in [9.17, 15) is 9.90 Å². The number of amides is 1. The topological polar surface area (TPSA) is 62.2 Å². The van der Waals surface area contributed by atoms with Crippen molar-refractivity contribution in [2.24, 2.45) is 17.3 Å². The maximum absolute atomic E-state index is 13.7. The van der Waals surface area contributed by atoms with Gasteiger partial charge in [-0.05, 0) is 56.6 Å². The maximum atomic E-state index is 13.7. The molecule has 0 radical (unpaired) electrons. The first-order valence-electron chi connectivity index (χ1n) is 13.8. The molecule has 3 fully saturated rings. The van der Waals surface area contributed by atoms with Gasteiger partial charge in [-0.3, -0.25) is 9.69 Å². The number of methoxy groups -OCH3 is 1. The third kappa shape index (κ3) is 6.78. The van der Waals surface area contributed by atoms with Crippen LogP contribution in [0.4, 0.5) is 0 Å². The quantitative estimate of drug-likeness (QED) is 0.679. The van der Waals surface area contributed by atoms with Gasteiger partial charge in [0.1, 0.15) is 5.75 Å². The number of rotatable bonds is 4. The molecule has 1 amide bonds. The Balaban J connectivity index is 1.48. The minimum atomic E-state index is -0.577. The number of fused-ring (bicyclic) bond motifs is 1. The molecule has 3 aliphatic rings. The number of ether oxygens (including phenoxy) is 2. The Kier molecular flexibility index (Phi) is 9.12. The second-order valence-electron chi connectivity index (χ2n) is 11.7. The van der Waals surface area contributed by atoms with Crippen LogP contribution in [0.15, 0.2) is 24.3 Å². The van der Waals surface area contributed by atoms with Gasteiger partial charge in [0.2, 0.25) is 5.91 Å². The van der Waals surface area contributed by atoms with Crippen LogP contribution in [-0.2, 0) is 16.1 Å². The number of hydrogen-bond donors (Lipinski definition) is 1. The first-order chi connectivity index (χ1) is 16.9. The van der Waals surface area contributed by atoms with E-state index in [0.717, 1.165) is 57.5 Å². The predicted octanol–water partition coefficient (Wildman–Crippen LogP) is 4.49.